The summed E-state index contributed by atoms with van der Waals surface area (Å²) in [6, 6.07) is 1.96. The zero-order valence-corrected chi connectivity index (χ0v) is 15.1. The third kappa shape index (κ3) is 3.40. The summed E-state index contributed by atoms with van der Waals surface area (Å²) in [6.07, 6.45) is 1.49. The average Bonchev–Trinajstić information content (AvgIpc) is 2.95. The van der Waals surface area contributed by atoms with Crippen LogP contribution in [0.2, 0.25) is 0 Å². The van der Waals surface area contributed by atoms with Gasteiger partial charge in [-0.1, -0.05) is 19.9 Å². The first-order valence-corrected chi connectivity index (χ1v) is 8.05. The third-order valence-electron chi connectivity index (χ3n) is 4.30. The second-order valence-corrected chi connectivity index (χ2v) is 6.47. The third-order valence-corrected chi connectivity index (χ3v) is 4.30. The van der Waals surface area contributed by atoms with Gasteiger partial charge in [0.25, 0.3) is 0 Å². The number of carbonyl (C=O) groups is 2. The number of aryl methyl sites for hydroxylation is 2. The lowest BCUT2D eigenvalue weighted by atomic mass is 9.92. The largest absolute Gasteiger partial charge is 0.457 e. The van der Waals surface area contributed by atoms with E-state index in [0.29, 0.717) is 11.1 Å². The number of Topliss-reactive ketones (excluding diaryl/α,β-unsaturated/α-hetero) is 1. The molecule has 1 N–H and O–H groups in total. The summed E-state index contributed by atoms with van der Waals surface area (Å²) in [7, 11) is 0. The molecule has 24 heavy (non-hydrogen) atoms. The average molecular weight is 328 g/mol. The van der Waals surface area contributed by atoms with E-state index < -0.39 is 5.97 Å². The van der Waals surface area contributed by atoms with Gasteiger partial charge in [-0.25, -0.2) is 4.79 Å². The number of hydrogen-bond acceptors (Lipinski definition) is 4. The van der Waals surface area contributed by atoms with Crippen LogP contribution in [0.1, 0.15) is 75.4 Å². The van der Waals surface area contributed by atoms with Crippen LogP contribution in [-0.2, 0) is 11.3 Å². The van der Waals surface area contributed by atoms with Crippen molar-refractivity contribution in [3.8, 4) is 0 Å². The van der Waals surface area contributed by atoms with Crippen molar-refractivity contribution in [1.29, 1.82) is 0 Å². The molecule has 2 aromatic rings. The molecule has 1 aromatic heterocycles. The van der Waals surface area contributed by atoms with Gasteiger partial charge in [-0.15, -0.1) is 0 Å². The zero-order chi connectivity index (χ0) is 18.0. The molecule has 0 saturated carbocycles. The van der Waals surface area contributed by atoms with Gasteiger partial charge in [-0.2, -0.15) is 5.10 Å². The topological polar surface area (TPSA) is 72.1 Å². The van der Waals surface area contributed by atoms with E-state index in [1.165, 1.54) is 6.20 Å². The highest BCUT2D eigenvalue weighted by Crippen LogP contribution is 2.24. The SMILES string of the molecule is CC(=O)c1c(C)cc(C)c(COC(=O)c2cn[nH]c2C(C)C)c1C. The van der Waals surface area contributed by atoms with Crippen LogP contribution in [-0.4, -0.2) is 21.9 Å². The number of hydrogen-bond donors (Lipinski definition) is 1. The summed E-state index contributed by atoms with van der Waals surface area (Å²) in [5, 5.41) is 6.78. The van der Waals surface area contributed by atoms with Crippen molar-refractivity contribution in [3.05, 3.63) is 51.3 Å². The summed E-state index contributed by atoms with van der Waals surface area (Å²) < 4.78 is 5.49. The minimum Gasteiger partial charge on any atom is -0.457 e. The number of H-pyrrole nitrogens is 1. The standard InChI is InChI=1S/C19H24N2O3/c1-10(2)18-15(8-20-21-18)19(23)24-9-16-11(3)7-12(4)17(13(16)5)14(6)22/h7-8,10H,9H2,1-6H3,(H,20,21). The molecule has 0 aliphatic heterocycles. The van der Waals surface area contributed by atoms with Crippen molar-refractivity contribution in [2.45, 2.75) is 54.1 Å². The van der Waals surface area contributed by atoms with Crippen LogP contribution in [0.3, 0.4) is 0 Å². The Labute approximate surface area is 142 Å². The van der Waals surface area contributed by atoms with Gasteiger partial charge >= 0.3 is 5.97 Å². The molecule has 1 heterocycles. The monoisotopic (exact) mass is 328 g/mol. The van der Waals surface area contributed by atoms with Gasteiger partial charge < -0.3 is 4.74 Å². The predicted molar refractivity (Wildman–Crippen MR) is 92.5 cm³/mol. The highest BCUT2D eigenvalue weighted by Gasteiger charge is 2.19. The van der Waals surface area contributed by atoms with Gasteiger partial charge in [0.05, 0.1) is 11.9 Å². The van der Waals surface area contributed by atoms with Gasteiger partial charge in [-0.3, -0.25) is 9.89 Å². The van der Waals surface area contributed by atoms with Crippen LogP contribution in [0, 0.1) is 20.8 Å². The molecule has 128 valence electrons. The lowest BCUT2D eigenvalue weighted by Gasteiger charge is -2.16. The number of esters is 1. The number of nitrogens with one attached hydrogen (secondary N) is 1. The molecule has 5 heteroatoms. The van der Waals surface area contributed by atoms with Crippen LogP contribution in [0.5, 0.6) is 0 Å². The summed E-state index contributed by atoms with van der Waals surface area (Å²) in [6.45, 7) is 11.4. The van der Waals surface area contributed by atoms with E-state index in [9.17, 15) is 9.59 Å². The van der Waals surface area contributed by atoms with E-state index in [-0.39, 0.29) is 18.3 Å². The smallest absolute Gasteiger partial charge is 0.341 e. The van der Waals surface area contributed by atoms with Gasteiger partial charge in [-0.05, 0) is 55.9 Å². The van der Waals surface area contributed by atoms with Crippen LogP contribution in [0.15, 0.2) is 12.3 Å². The number of aromatic nitrogens is 2. The molecule has 0 unspecified atom stereocenters. The summed E-state index contributed by atoms with van der Waals surface area (Å²) in [5.74, 6) is -0.229. The predicted octanol–water partition coefficient (Wildman–Crippen LogP) is 4.02. The van der Waals surface area contributed by atoms with E-state index >= 15 is 0 Å². The Morgan fingerprint density at radius 1 is 1.21 bits per heavy atom. The maximum Gasteiger partial charge on any atom is 0.341 e. The normalized spacial score (nSPS) is 11.0. The molecule has 1 aromatic carbocycles. The van der Waals surface area contributed by atoms with E-state index in [4.69, 9.17) is 4.74 Å². The second kappa shape index (κ2) is 6.99. The Kier molecular flexibility index (Phi) is 5.22. The maximum atomic E-state index is 12.4. The van der Waals surface area contributed by atoms with Crippen LogP contribution in [0.4, 0.5) is 0 Å². The number of benzene rings is 1. The summed E-state index contributed by atoms with van der Waals surface area (Å²) in [4.78, 5) is 24.2. The Hall–Kier alpha value is -2.43. The molecule has 0 amide bonds. The molecule has 0 atom stereocenters. The van der Waals surface area contributed by atoms with Crippen molar-refractivity contribution in [2.75, 3.05) is 0 Å². The minimum atomic E-state index is -0.406. The molecular formula is C19H24N2O3. The Balaban J connectivity index is 2.26. The minimum absolute atomic E-state index is 0.0227. The van der Waals surface area contributed by atoms with E-state index in [2.05, 4.69) is 10.2 Å². The first kappa shape index (κ1) is 17.9. The van der Waals surface area contributed by atoms with E-state index in [0.717, 1.165) is 27.9 Å². The molecule has 0 bridgehead atoms. The highest BCUT2D eigenvalue weighted by atomic mass is 16.5. The summed E-state index contributed by atoms with van der Waals surface area (Å²) >= 11 is 0. The molecule has 0 saturated heterocycles. The Morgan fingerprint density at radius 3 is 2.46 bits per heavy atom. The van der Waals surface area contributed by atoms with Gasteiger partial charge in [0.1, 0.15) is 12.2 Å². The van der Waals surface area contributed by atoms with Crippen molar-refractivity contribution in [3.63, 3.8) is 0 Å². The number of rotatable bonds is 5. The van der Waals surface area contributed by atoms with Gasteiger partial charge in [0.2, 0.25) is 0 Å². The fourth-order valence-electron chi connectivity index (χ4n) is 3.10. The molecule has 0 spiro atoms. The summed E-state index contributed by atoms with van der Waals surface area (Å²) in [5.41, 5.74) is 5.65. The molecule has 2 rings (SSSR count). The van der Waals surface area contributed by atoms with E-state index in [1.807, 2.05) is 40.7 Å². The quantitative estimate of drug-likeness (QED) is 0.664. The number of carbonyl (C=O) groups excluding carboxylic acids is 2. The van der Waals surface area contributed by atoms with Crippen LogP contribution < -0.4 is 0 Å². The number of aromatic amines is 1. The molecular weight excluding hydrogens is 304 g/mol. The first-order valence-electron chi connectivity index (χ1n) is 8.05. The van der Waals surface area contributed by atoms with Crippen molar-refractivity contribution in [2.24, 2.45) is 0 Å². The van der Waals surface area contributed by atoms with Gasteiger partial charge in [0, 0.05) is 5.56 Å². The Bertz CT molecular complexity index is 788. The van der Waals surface area contributed by atoms with Crippen LogP contribution >= 0.6 is 0 Å². The van der Waals surface area contributed by atoms with Crippen LogP contribution in [0.25, 0.3) is 0 Å². The Morgan fingerprint density at radius 2 is 1.88 bits per heavy atom. The molecule has 0 fully saturated rings. The number of ether oxygens (including phenoxy) is 1. The van der Waals surface area contributed by atoms with Crippen molar-refractivity contribution in [1.82, 2.24) is 10.2 Å². The molecule has 5 nitrogen and oxygen atoms in total. The molecule has 0 radical (unpaired) electrons. The molecule has 0 aliphatic rings. The van der Waals surface area contributed by atoms with Crippen molar-refractivity contribution < 1.29 is 14.3 Å². The lowest BCUT2D eigenvalue weighted by molar-refractivity contribution is 0.0470. The second-order valence-electron chi connectivity index (χ2n) is 6.47. The van der Waals surface area contributed by atoms with E-state index in [1.54, 1.807) is 6.92 Å². The van der Waals surface area contributed by atoms with Gasteiger partial charge in [0.15, 0.2) is 5.78 Å². The molecule has 0 aliphatic carbocycles. The lowest BCUT2D eigenvalue weighted by Crippen LogP contribution is -2.11. The first-order chi connectivity index (χ1) is 11.2. The number of nitrogens with zero attached hydrogens (tertiary/aromatic N) is 1. The van der Waals surface area contributed by atoms with Crippen molar-refractivity contribution >= 4 is 11.8 Å². The maximum absolute atomic E-state index is 12.4. The fourth-order valence-corrected chi connectivity index (χ4v) is 3.10. The zero-order valence-electron chi connectivity index (χ0n) is 15.1. The fraction of sp³-hybridized carbons (Fsp3) is 0.421. The highest BCUT2D eigenvalue weighted by molar-refractivity contribution is 5.97. The number of ketones is 1.